The molecule has 0 bridgehead atoms. The summed E-state index contributed by atoms with van der Waals surface area (Å²) in [5, 5.41) is 4.21. The van der Waals surface area contributed by atoms with Crippen molar-refractivity contribution < 1.29 is 4.74 Å². The Hall–Kier alpha value is -0.830. The summed E-state index contributed by atoms with van der Waals surface area (Å²) in [5.74, 6) is 0. The predicted molar refractivity (Wildman–Crippen MR) is 41.3 cm³/mol. The van der Waals surface area contributed by atoms with Crippen molar-refractivity contribution in [3.63, 3.8) is 0 Å². The third-order valence-corrected chi connectivity index (χ3v) is 1.86. The van der Waals surface area contributed by atoms with Crippen molar-refractivity contribution in [3.05, 3.63) is 18.0 Å². The van der Waals surface area contributed by atoms with E-state index >= 15 is 0 Å². The molecule has 1 aliphatic heterocycles. The highest BCUT2D eigenvalue weighted by molar-refractivity contribution is 5.12. The van der Waals surface area contributed by atoms with Gasteiger partial charge in [-0.05, 0) is 13.8 Å². The van der Waals surface area contributed by atoms with Gasteiger partial charge in [0.15, 0.2) is 0 Å². The molecule has 0 aliphatic carbocycles. The minimum Gasteiger partial charge on any atom is -0.368 e. The maximum Gasteiger partial charge on any atom is 0.109 e. The summed E-state index contributed by atoms with van der Waals surface area (Å²) < 4.78 is 7.09. The van der Waals surface area contributed by atoms with Crippen LogP contribution in [-0.4, -0.2) is 16.4 Å². The van der Waals surface area contributed by atoms with Crippen LogP contribution in [0.5, 0.6) is 0 Å². The monoisotopic (exact) mass is 152 g/mol. The van der Waals surface area contributed by atoms with Crippen LogP contribution in [0.3, 0.4) is 0 Å². The normalized spacial score (nSPS) is 22.6. The van der Waals surface area contributed by atoms with E-state index in [9.17, 15) is 0 Å². The van der Waals surface area contributed by atoms with Crippen molar-refractivity contribution in [2.75, 3.05) is 6.61 Å². The molecule has 1 fully saturated rings. The van der Waals surface area contributed by atoms with Gasteiger partial charge in [0, 0.05) is 17.8 Å². The van der Waals surface area contributed by atoms with E-state index < -0.39 is 0 Å². The van der Waals surface area contributed by atoms with E-state index in [2.05, 4.69) is 25.1 Å². The van der Waals surface area contributed by atoms with Gasteiger partial charge < -0.3 is 4.74 Å². The summed E-state index contributed by atoms with van der Waals surface area (Å²) >= 11 is 0. The molecular weight excluding hydrogens is 140 g/mol. The Kier molecular flexibility index (Phi) is 1.46. The third-order valence-electron chi connectivity index (χ3n) is 1.86. The Morgan fingerprint density at radius 3 is 2.91 bits per heavy atom. The maximum atomic E-state index is 5.13. The minimum atomic E-state index is 0.336. The molecule has 0 N–H and O–H groups in total. The molecule has 0 amide bonds. The van der Waals surface area contributed by atoms with Crippen molar-refractivity contribution in [1.82, 2.24) is 9.78 Å². The van der Waals surface area contributed by atoms with E-state index in [4.69, 9.17) is 4.74 Å². The summed E-state index contributed by atoms with van der Waals surface area (Å²) in [4.78, 5) is 0. The van der Waals surface area contributed by atoms with E-state index in [1.165, 1.54) is 5.56 Å². The molecule has 1 unspecified atom stereocenters. The molecule has 3 nitrogen and oxygen atoms in total. The van der Waals surface area contributed by atoms with Crippen LogP contribution in [0.2, 0.25) is 0 Å². The zero-order valence-electron chi connectivity index (χ0n) is 6.82. The molecule has 0 radical (unpaired) electrons. The molecule has 1 saturated heterocycles. The minimum absolute atomic E-state index is 0.336. The summed E-state index contributed by atoms with van der Waals surface area (Å²) in [5.41, 5.74) is 1.21. The maximum absolute atomic E-state index is 5.13. The lowest BCUT2D eigenvalue weighted by Gasteiger charge is -2.02. The lowest BCUT2D eigenvalue weighted by molar-refractivity contribution is 0.415. The van der Waals surface area contributed by atoms with Gasteiger partial charge in [0.25, 0.3) is 0 Å². The molecule has 1 aromatic rings. The van der Waals surface area contributed by atoms with Gasteiger partial charge in [0.05, 0.1) is 12.8 Å². The van der Waals surface area contributed by atoms with Crippen LogP contribution in [0.15, 0.2) is 12.4 Å². The number of nitrogens with zero attached hydrogens (tertiary/aromatic N) is 2. The Labute approximate surface area is 66.0 Å². The summed E-state index contributed by atoms with van der Waals surface area (Å²) in [6.07, 6.45) is 4.28. The molecule has 0 saturated carbocycles. The number of ether oxygens (including phenoxy) is 1. The highest BCUT2D eigenvalue weighted by atomic mass is 16.6. The van der Waals surface area contributed by atoms with Crippen LogP contribution in [-0.2, 0) is 4.74 Å². The largest absolute Gasteiger partial charge is 0.368 e. The SMILES string of the molecule is CC(C)n1cc(C2CO2)cn1. The lowest BCUT2D eigenvalue weighted by Crippen LogP contribution is -1.99. The van der Waals surface area contributed by atoms with Gasteiger partial charge in [-0.2, -0.15) is 5.10 Å². The van der Waals surface area contributed by atoms with Gasteiger partial charge in [-0.1, -0.05) is 0 Å². The fraction of sp³-hybridized carbons (Fsp3) is 0.625. The van der Waals surface area contributed by atoms with Crippen LogP contribution >= 0.6 is 0 Å². The molecule has 0 aromatic carbocycles. The molecule has 60 valence electrons. The summed E-state index contributed by atoms with van der Waals surface area (Å²) in [6, 6.07) is 0.447. The van der Waals surface area contributed by atoms with Crippen molar-refractivity contribution in [2.45, 2.75) is 26.0 Å². The molecule has 1 aromatic heterocycles. The van der Waals surface area contributed by atoms with E-state index in [1.807, 2.05) is 10.9 Å². The second-order valence-corrected chi connectivity index (χ2v) is 3.17. The predicted octanol–water partition coefficient (Wildman–Crippen LogP) is 1.54. The van der Waals surface area contributed by atoms with Crippen LogP contribution in [0.1, 0.15) is 31.6 Å². The Bertz CT molecular complexity index is 234. The van der Waals surface area contributed by atoms with E-state index in [1.54, 1.807) is 0 Å². The number of hydrogen-bond acceptors (Lipinski definition) is 2. The van der Waals surface area contributed by atoms with Crippen LogP contribution in [0.4, 0.5) is 0 Å². The van der Waals surface area contributed by atoms with Gasteiger partial charge in [0.2, 0.25) is 0 Å². The number of hydrogen-bond donors (Lipinski definition) is 0. The zero-order valence-corrected chi connectivity index (χ0v) is 6.82. The molecule has 2 heterocycles. The highest BCUT2D eigenvalue weighted by Gasteiger charge is 2.26. The van der Waals surface area contributed by atoms with Gasteiger partial charge >= 0.3 is 0 Å². The molecule has 1 atom stereocenters. The first-order valence-electron chi connectivity index (χ1n) is 3.93. The first-order chi connectivity index (χ1) is 5.27. The highest BCUT2D eigenvalue weighted by Crippen LogP contribution is 2.29. The molecule has 2 rings (SSSR count). The molecule has 3 heteroatoms. The van der Waals surface area contributed by atoms with Crippen molar-refractivity contribution >= 4 is 0 Å². The standard InChI is InChI=1S/C8H12N2O/c1-6(2)10-4-7(3-9-10)8-5-11-8/h3-4,6,8H,5H2,1-2H3. The Morgan fingerprint density at radius 2 is 2.45 bits per heavy atom. The lowest BCUT2D eigenvalue weighted by atomic mass is 10.3. The second kappa shape index (κ2) is 2.34. The van der Waals surface area contributed by atoms with Gasteiger partial charge in [-0.15, -0.1) is 0 Å². The smallest absolute Gasteiger partial charge is 0.109 e. The van der Waals surface area contributed by atoms with Gasteiger partial charge in [-0.3, -0.25) is 4.68 Å². The first kappa shape index (κ1) is 6.85. The quantitative estimate of drug-likeness (QED) is 0.602. The Balaban J connectivity index is 2.18. The average Bonchev–Trinajstić information content (AvgIpc) is 2.68. The fourth-order valence-electron chi connectivity index (χ4n) is 1.04. The topological polar surface area (TPSA) is 30.4 Å². The number of epoxide rings is 1. The summed E-state index contributed by atoms with van der Waals surface area (Å²) in [7, 11) is 0. The van der Waals surface area contributed by atoms with Gasteiger partial charge in [-0.25, -0.2) is 0 Å². The van der Waals surface area contributed by atoms with Crippen LogP contribution < -0.4 is 0 Å². The van der Waals surface area contributed by atoms with Crippen LogP contribution in [0.25, 0.3) is 0 Å². The summed E-state index contributed by atoms with van der Waals surface area (Å²) in [6.45, 7) is 5.10. The first-order valence-corrected chi connectivity index (χ1v) is 3.93. The molecule has 0 spiro atoms. The van der Waals surface area contributed by atoms with Crippen molar-refractivity contribution in [3.8, 4) is 0 Å². The molecular formula is C8H12N2O. The van der Waals surface area contributed by atoms with Gasteiger partial charge in [0.1, 0.15) is 6.10 Å². The number of aromatic nitrogens is 2. The second-order valence-electron chi connectivity index (χ2n) is 3.17. The van der Waals surface area contributed by atoms with E-state index in [0.717, 1.165) is 6.61 Å². The fourth-order valence-corrected chi connectivity index (χ4v) is 1.04. The number of rotatable bonds is 2. The van der Waals surface area contributed by atoms with E-state index in [0.29, 0.717) is 12.1 Å². The molecule has 1 aliphatic rings. The molecule has 11 heavy (non-hydrogen) atoms. The van der Waals surface area contributed by atoms with Crippen molar-refractivity contribution in [1.29, 1.82) is 0 Å². The van der Waals surface area contributed by atoms with E-state index in [-0.39, 0.29) is 0 Å². The zero-order chi connectivity index (χ0) is 7.84. The average molecular weight is 152 g/mol. The Morgan fingerprint density at radius 1 is 1.73 bits per heavy atom. The van der Waals surface area contributed by atoms with Crippen LogP contribution in [0, 0.1) is 0 Å². The third kappa shape index (κ3) is 1.28. The van der Waals surface area contributed by atoms with Crippen molar-refractivity contribution in [2.24, 2.45) is 0 Å².